The van der Waals surface area contributed by atoms with Crippen molar-refractivity contribution in [2.75, 3.05) is 45.7 Å². The van der Waals surface area contributed by atoms with E-state index in [1.165, 1.54) is 0 Å². The predicted octanol–water partition coefficient (Wildman–Crippen LogP) is 0.991. The molecule has 0 aliphatic heterocycles. The average molecular weight is 250 g/mol. The zero-order chi connectivity index (χ0) is 13.2. The highest BCUT2D eigenvalue weighted by molar-refractivity contribution is 5.92. The van der Waals surface area contributed by atoms with Gasteiger partial charge in [-0.1, -0.05) is 18.2 Å². The van der Waals surface area contributed by atoms with E-state index in [4.69, 9.17) is 10.5 Å². The van der Waals surface area contributed by atoms with Gasteiger partial charge in [0.15, 0.2) is 5.96 Å². The minimum atomic E-state index is 0.414. The number of rotatable bonds is 7. The Bertz CT molecular complexity index is 351. The number of nitrogens with zero attached hydrogens (tertiary/aromatic N) is 2. The minimum absolute atomic E-state index is 0.414. The highest BCUT2D eigenvalue weighted by atomic mass is 16.5. The molecule has 0 aliphatic rings. The summed E-state index contributed by atoms with van der Waals surface area (Å²) >= 11 is 0. The monoisotopic (exact) mass is 250 g/mol. The summed E-state index contributed by atoms with van der Waals surface area (Å²) in [5, 5.41) is 3.01. The summed E-state index contributed by atoms with van der Waals surface area (Å²) in [5.74, 6) is 0.414. The topological polar surface area (TPSA) is 62.9 Å². The lowest BCUT2D eigenvalue weighted by Gasteiger charge is -2.09. The standard InChI is InChI=1S/C13H22N4O/c1-17(2)9-11-18-10-8-15-13(14)16-12-6-4-3-5-7-12/h3-7H,8-11H2,1-2H3,(H3,14,15,16). The first-order chi connectivity index (χ1) is 8.68. The van der Waals surface area contributed by atoms with Gasteiger partial charge in [-0.2, -0.15) is 0 Å². The van der Waals surface area contributed by atoms with E-state index in [1.54, 1.807) is 0 Å². The van der Waals surface area contributed by atoms with Gasteiger partial charge in [0.25, 0.3) is 0 Å². The minimum Gasteiger partial charge on any atom is -0.378 e. The summed E-state index contributed by atoms with van der Waals surface area (Å²) in [6.07, 6.45) is 0. The molecule has 0 radical (unpaired) electrons. The number of benzene rings is 1. The molecule has 3 N–H and O–H groups in total. The Morgan fingerprint density at radius 3 is 2.67 bits per heavy atom. The van der Waals surface area contributed by atoms with Crippen molar-refractivity contribution in [2.24, 2.45) is 10.7 Å². The van der Waals surface area contributed by atoms with Crippen LogP contribution in [0.25, 0.3) is 0 Å². The van der Waals surface area contributed by atoms with E-state index in [0.29, 0.717) is 25.7 Å². The molecule has 0 fully saturated rings. The quantitative estimate of drug-likeness (QED) is 0.430. The molecule has 0 amide bonds. The van der Waals surface area contributed by atoms with E-state index < -0.39 is 0 Å². The molecule has 1 rings (SSSR count). The van der Waals surface area contributed by atoms with Gasteiger partial charge in [0.1, 0.15) is 0 Å². The molecule has 0 heterocycles. The molecule has 5 heteroatoms. The zero-order valence-corrected chi connectivity index (χ0v) is 11.1. The molecule has 0 unspecified atom stereocenters. The van der Waals surface area contributed by atoms with Gasteiger partial charge in [0.05, 0.1) is 19.8 Å². The SMILES string of the molecule is CN(C)CCOCCN=C(N)Nc1ccccc1. The molecule has 0 saturated heterocycles. The smallest absolute Gasteiger partial charge is 0.193 e. The lowest BCUT2D eigenvalue weighted by molar-refractivity contribution is 0.124. The van der Waals surface area contributed by atoms with Crippen molar-refractivity contribution in [1.29, 1.82) is 0 Å². The molecule has 1 aromatic rings. The van der Waals surface area contributed by atoms with E-state index in [2.05, 4.69) is 15.2 Å². The Balaban J connectivity index is 2.14. The van der Waals surface area contributed by atoms with Crippen LogP contribution in [0.5, 0.6) is 0 Å². The fourth-order valence-corrected chi connectivity index (χ4v) is 1.29. The van der Waals surface area contributed by atoms with Crippen LogP contribution in [0.1, 0.15) is 0 Å². The molecule has 0 bridgehead atoms. The van der Waals surface area contributed by atoms with Crippen LogP contribution in [0.3, 0.4) is 0 Å². The van der Waals surface area contributed by atoms with Gasteiger partial charge in [-0.05, 0) is 26.2 Å². The molecule has 0 spiro atoms. The van der Waals surface area contributed by atoms with E-state index in [-0.39, 0.29) is 0 Å². The average Bonchev–Trinajstić information content (AvgIpc) is 2.34. The van der Waals surface area contributed by atoms with Crippen LogP contribution in [0.15, 0.2) is 35.3 Å². The van der Waals surface area contributed by atoms with Gasteiger partial charge in [-0.25, -0.2) is 0 Å². The predicted molar refractivity (Wildman–Crippen MR) is 75.9 cm³/mol. The molecule has 0 atom stereocenters. The van der Waals surface area contributed by atoms with Crippen LogP contribution in [-0.4, -0.2) is 51.3 Å². The van der Waals surface area contributed by atoms with Crippen molar-refractivity contribution in [3.63, 3.8) is 0 Å². The molecule has 18 heavy (non-hydrogen) atoms. The van der Waals surface area contributed by atoms with Crippen LogP contribution in [0.2, 0.25) is 0 Å². The van der Waals surface area contributed by atoms with Gasteiger partial charge in [0.2, 0.25) is 0 Å². The van der Waals surface area contributed by atoms with Crippen LogP contribution >= 0.6 is 0 Å². The van der Waals surface area contributed by atoms with Crippen LogP contribution in [0, 0.1) is 0 Å². The molecule has 100 valence electrons. The van der Waals surface area contributed by atoms with E-state index in [1.807, 2.05) is 44.4 Å². The summed E-state index contributed by atoms with van der Waals surface area (Å²) in [7, 11) is 4.03. The molecule has 1 aromatic carbocycles. The number of nitrogens with one attached hydrogen (secondary N) is 1. The third-order valence-electron chi connectivity index (χ3n) is 2.25. The molecular formula is C13H22N4O. The van der Waals surface area contributed by atoms with Gasteiger partial charge in [-0.3, -0.25) is 4.99 Å². The normalized spacial score (nSPS) is 11.8. The maximum atomic E-state index is 5.74. The molecule has 0 aromatic heterocycles. The lowest BCUT2D eigenvalue weighted by Crippen LogP contribution is -2.23. The Morgan fingerprint density at radius 1 is 1.28 bits per heavy atom. The second-order valence-corrected chi connectivity index (χ2v) is 4.17. The summed E-state index contributed by atoms with van der Waals surface area (Å²) in [5.41, 5.74) is 6.68. The highest BCUT2D eigenvalue weighted by Crippen LogP contribution is 2.03. The number of nitrogens with two attached hydrogens (primary N) is 1. The number of para-hydroxylation sites is 1. The number of aliphatic imine (C=N–C) groups is 1. The number of ether oxygens (including phenoxy) is 1. The van der Waals surface area contributed by atoms with Crippen molar-refractivity contribution in [2.45, 2.75) is 0 Å². The highest BCUT2D eigenvalue weighted by Gasteiger charge is 1.94. The van der Waals surface area contributed by atoms with Crippen molar-refractivity contribution in [1.82, 2.24) is 4.90 Å². The lowest BCUT2D eigenvalue weighted by atomic mass is 10.3. The second kappa shape index (κ2) is 8.49. The van der Waals surface area contributed by atoms with Crippen molar-refractivity contribution in [3.05, 3.63) is 30.3 Å². The van der Waals surface area contributed by atoms with Gasteiger partial charge >= 0.3 is 0 Å². The Labute approximate surface area is 109 Å². The summed E-state index contributed by atoms with van der Waals surface area (Å²) in [6.45, 7) is 2.79. The first-order valence-electron chi connectivity index (χ1n) is 6.03. The number of hydrogen-bond donors (Lipinski definition) is 2. The molecule has 0 saturated carbocycles. The largest absolute Gasteiger partial charge is 0.378 e. The third-order valence-corrected chi connectivity index (χ3v) is 2.25. The number of anilines is 1. The van der Waals surface area contributed by atoms with E-state index >= 15 is 0 Å². The van der Waals surface area contributed by atoms with Crippen LogP contribution in [0.4, 0.5) is 5.69 Å². The first-order valence-corrected chi connectivity index (χ1v) is 6.03. The van der Waals surface area contributed by atoms with Crippen molar-refractivity contribution in [3.8, 4) is 0 Å². The number of hydrogen-bond acceptors (Lipinski definition) is 3. The third kappa shape index (κ3) is 6.88. The Hall–Kier alpha value is -1.59. The van der Waals surface area contributed by atoms with Crippen LogP contribution in [-0.2, 0) is 4.74 Å². The Kier molecular flexibility index (Phi) is 6.83. The van der Waals surface area contributed by atoms with E-state index in [0.717, 1.165) is 12.2 Å². The number of likely N-dealkylation sites (N-methyl/N-ethyl adjacent to an activating group) is 1. The first kappa shape index (κ1) is 14.5. The van der Waals surface area contributed by atoms with Gasteiger partial charge in [-0.15, -0.1) is 0 Å². The molecular weight excluding hydrogens is 228 g/mol. The summed E-state index contributed by atoms with van der Waals surface area (Å²) in [4.78, 5) is 6.26. The fourth-order valence-electron chi connectivity index (χ4n) is 1.29. The summed E-state index contributed by atoms with van der Waals surface area (Å²) < 4.78 is 5.41. The zero-order valence-electron chi connectivity index (χ0n) is 11.1. The molecule has 0 aliphatic carbocycles. The maximum absolute atomic E-state index is 5.74. The van der Waals surface area contributed by atoms with Gasteiger partial charge < -0.3 is 20.7 Å². The fraction of sp³-hybridized carbons (Fsp3) is 0.462. The van der Waals surface area contributed by atoms with Crippen molar-refractivity contribution >= 4 is 11.6 Å². The van der Waals surface area contributed by atoms with Crippen LogP contribution < -0.4 is 11.1 Å². The van der Waals surface area contributed by atoms with Crippen molar-refractivity contribution < 1.29 is 4.74 Å². The van der Waals surface area contributed by atoms with E-state index in [9.17, 15) is 0 Å². The maximum Gasteiger partial charge on any atom is 0.193 e. The Morgan fingerprint density at radius 2 is 2.00 bits per heavy atom. The molecule has 5 nitrogen and oxygen atoms in total. The summed E-state index contributed by atoms with van der Waals surface area (Å²) in [6, 6.07) is 9.73. The second-order valence-electron chi connectivity index (χ2n) is 4.17. The number of guanidine groups is 1. The van der Waals surface area contributed by atoms with Gasteiger partial charge in [0, 0.05) is 12.2 Å².